The molecule has 1 aromatic heterocycles. The van der Waals surface area contributed by atoms with Crippen LogP contribution >= 0.6 is 0 Å². The fourth-order valence-electron chi connectivity index (χ4n) is 4.74. The Morgan fingerprint density at radius 3 is 2.67 bits per heavy atom. The van der Waals surface area contributed by atoms with Crippen LogP contribution in [0.4, 0.5) is 29.1 Å². The van der Waals surface area contributed by atoms with Crippen LogP contribution in [0.5, 0.6) is 5.75 Å². The molecule has 15 heteroatoms. The van der Waals surface area contributed by atoms with E-state index < -0.39 is 52.4 Å². The zero-order chi connectivity index (χ0) is 27.9. The third-order valence-corrected chi connectivity index (χ3v) is 8.01. The molecule has 0 radical (unpaired) electrons. The molecule has 2 aliphatic heterocycles. The van der Waals surface area contributed by atoms with Gasteiger partial charge in [0.05, 0.1) is 24.8 Å². The highest BCUT2D eigenvalue weighted by atomic mass is 32.2. The van der Waals surface area contributed by atoms with E-state index in [-0.39, 0.29) is 49.3 Å². The maximum absolute atomic E-state index is 15.6. The summed E-state index contributed by atoms with van der Waals surface area (Å²) in [6.45, 7) is -0.592. The van der Waals surface area contributed by atoms with E-state index in [2.05, 4.69) is 14.4 Å². The minimum absolute atomic E-state index is 0. The third kappa shape index (κ3) is 5.29. The number of rotatable bonds is 6. The fourth-order valence-corrected chi connectivity index (χ4v) is 5.93. The van der Waals surface area contributed by atoms with Gasteiger partial charge < -0.3 is 14.0 Å². The van der Waals surface area contributed by atoms with E-state index in [1.54, 1.807) is 0 Å². The van der Waals surface area contributed by atoms with Gasteiger partial charge in [-0.1, -0.05) is 17.3 Å². The Balaban J connectivity index is 0.00000370. The zero-order valence-corrected chi connectivity index (χ0v) is 21.1. The van der Waals surface area contributed by atoms with Gasteiger partial charge in [-0.25, -0.2) is 4.39 Å². The molecule has 0 saturated carbocycles. The molecule has 0 unspecified atom stereocenters. The first-order valence-corrected chi connectivity index (χ1v) is 13.1. The number of anilines is 2. The van der Waals surface area contributed by atoms with Crippen molar-refractivity contribution in [3.05, 3.63) is 60.1 Å². The van der Waals surface area contributed by atoms with Crippen molar-refractivity contribution in [3.8, 4) is 16.9 Å². The van der Waals surface area contributed by atoms with Crippen molar-refractivity contribution < 1.29 is 46.2 Å². The molecule has 1 N–H and O–H groups in total. The van der Waals surface area contributed by atoms with Gasteiger partial charge in [0.2, 0.25) is 0 Å². The number of carbonyl (C=O) groups excluding carboxylic acids is 1. The topological polar surface area (TPSA) is 114 Å². The zero-order valence-electron chi connectivity index (χ0n) is 20.3. The molecule has 0 bridgehead atoms. The summed E-state index contributed by atoms with van der Waals surface area (Å²) in [5.74, 6) is -1.54. The quantitative estimate of drug-likeness (QED) is 0.446. The average Bonchev–Trinajstić information content (AvgIpc) is 3.40. The van der Waals surface area contributed by atoms with Crippen molar-refractivity contribution in [2.45, 2.75) is 24.7 Å². The molecule has 2 aromatic carbocycles. The Bertz CT molecular complexity index is 1490. The Labute approximate surface area is 221 Å². The largest absolute Gasteiger partial charge is 0.494 e. The molecular formula is C24H24F4N4O6S. The predicted molar refractivity (Wildman–Crippen MR) is 132 cm³/mol. The van der Waals surface area contributed by atoms with Gasteiger partial charge in [-0.3, -0.25) is 14.4 Å². The molecule has 10 nitrogen and oxygen atoms in total. The van der Waals surface area contributed by atoms with Crippen LogP contribution in [0.3, 0.4) is 0 Å². The molecule has 210 valence electrons. The number of fused-ring (bicyclic) bond motifs is 1. The fraction of sp³-hybridized carbons (Fsp3) is 0.333. The second-order valence-corrected chi connectivity index (χ2v) is 10.6. The molecule has 3 aromatic rings. The standard InChI is InChI=1S/C24H22F4N4O6S.H2/c1-36-19-11-15(14-3-2-4-16(9-14)24(26,27)28)10-17(25)23(19)32-18-5-7-31(12-20(18)37-13-22(32)33)39(34,35)30-21-6-8-38-29-21;/h2-4,6,8-11,18,20H,5,7,12-13H2,1H3,(H,29,30);1H/t18-,20-;/m1./s1. The van der Waals surface area contributed by atoms with Crippen molar-refractivity contribution in [1.29, 1.82) is 0 Å². The molecule has 2 fully saturated rings. The van der Waals surface area contributed by atoms with Gasteiger partial charge in [-0.05, 0) is 41.8 Å². The molecule has 0 spiro atoms. The van der Waals surface area contributed by atoms with Gasteiger partial charge in [-0.2, -0.15) is 25.9 Å². The monoisotopic (exact) mass is 572 g/mol. The summed E-state index contributed by atoms with van der Waals surface area (Å²) in [4.78, 5) is 14.1. The third-order valence-electron chi connectivity index (χ3n) is 6.53. The highest BCUT2D eigenvalue weighted by molar-refractivity contribution is 7.90. The number of aromatic nitrogens is 1. The Hall–Kier alpha value is -3.69. The number of benzene rings is 2. The van der Waals surface area contributed by atoms with E-state index in [1.165, 1.54) is 42.5 Å². The predicted octanol–water partition coefficient (Wildman–Crippen LogP) is 3.92. The maximum atomic E-state index is 15.6. The Morgan fingerprint density at radius 1 is 1.18 bits per heavy atom. The highest BCUT2D eigenvalue weighted by Gasteiger charge is 2.45. The van der Waals surface area contributed by atoms with Crippen LogP contribution in [0.15, 0.2) is 53.3 Å². The minimum Gasteiger partial charge on any atom is -0.494 e. The molecular weight excluding hydrogens is 548 g/mol. The van der Waals surface area contributed by atoms with Crippen molar-refractivity contribution >= 4 is 27.6 Å². The lowest BCUT2D eigenvalue weighted by atomic mass is 9.97. The molecule has 3 heterocycles. The van der Waals surface area contributed by atoms with E-state index in [1.807, 2.05) is 0 Å². The number of methoxy groups -OCH3 is 1. The first-order chi connectivity index (χ1) is 18.5. The summed E-state index contributed by atoms with van der Waals surface area (Å²) >= 11 is 0. The number of carbonyl (C=O) groups is 1. The first-order valence-electron chi connectivity index (χ1n) is 11.6. The molecule has 39 heavy (non-hydrogen) atoms. The second-order valence-electron chi connectivity index (χ2n) is 8.91. The maximum Gasteiger partial charge on any atom is 0.416 e. The number of amides is 1. The van der Waals surface area contributed by atoms with E-state index in [4.69, 9.17) is 9.47 Å². The van der Waals surface area contributed by atoms with Crippen molar-refractivity contribution in [3.63, 3.8) is 0 Å². The number of morpholine rings is 1. The Kier molecular flexibility index (Phi) is 6.99. The summed E-state index contributed by atoms with van der Waals surface area (Å²) in [6.07, 6.45) is -4.06. The molecule has 2 atom stereocenters. The van der Waals surface area contributed by atoms with Gasteiger partial charge in [0.15, 0.2) is 11.6 Å². The van der Waals surface area contributed by atoms with Crippen molar-refractivity contribution in [2.24, 2.45) is 0 Å². The summed E-state index contributed by atoms with van der Waals surface area (Å²) < 4.78 is 99.9. The summed E-state index contributed by atoms with van der Waals surface area (Å²) in [7, 11) is -2.77. The van der Waals surface area contributed by atoms with Crippen LogP contribution < -0.4 is 14.4 Å². The second kappa shape index (κ2) is 10.1. The smallest absolute Gasteiger partial charge is 0.416 e. The number of hydrogen-bond donors (Lipinski definition) is 1. The molecule has 2 saturated heterocycles. The molecule has 2 aliphatic rings. The van der Waals surface area contributed by atoms with E-state index >= 15 is 4.39 Å². The lowest BCUT2D eigenvalue weighted by molar-refractivity contribution is -0.137. The van der Waals surface area contributed by atoms with E-state index in [0.29, 0.717) is 0 Å². The van der Waals surface area contributed by atoms with Gasteiger partial charge in [0.25, 0.3) is 5.91 Å². The van der Waals surface area contributed by atoms with Crippen molar-refractivity contribution in [1.82, 2.24) is 9.46 Å². The van der Waals surface area contributed by atoms with Gasteiger partial charge in [0, 0.05) is 20.6 Å². The minimum atomic E-state index is -4.58. The van der Waals surface area contributed by atoms with Crippen LogP contribution in [0.25, 0.3) is 11.1 Å². The van der Waals surface area contributed by atoms with Crippen LogP contribution in [0.1, 0.15) is 13.4 Å². The highest BCUT2D eigenvalue weighted by Crippen LogP contribution is 2.41. The first kappa shape index (κ1) is 26.9. The SMILES string of the molecule is COc1cc(-c2cccc(C(F)(F)F)c2)cc(F)c1N1C(=O)CO[C@@H]2CN(S(=O)(=O)Nc3ccon3)CC[C@H]21.[HH]. The average molecular weight is 573 g/mol. The van der Waals surface area contributed by atoms with Crippen LogP contribution in [0, 0.1) is 5.82 Å². The number of piperidine rings is 1. The van der Waals surface area contributed by atoms with E-state index in [9.17, 15) is 26.4 Å². The summed E-state index contributed by atoms with van der Waals surface area (Å²) in [6, 6.07) is 7.42. The number of nitrogens with zero attached hydrogens (tertiary/aromatic N) is 3. The number of nitrogens with one attached hydrogen (secondary N) is 1. The molecule has 1 amide bonds. The van der Waals surface area contributed by atoms with Gasteiger partial charge in [-0.15, -0.1) is 0 Å². The summed E-state index contributed by atoms with van der Waals surface area (Å²) in [5, 5.41) is 3.53. The van der Waals surface area contributed by atoms with Crippen LogP contribution in [0.2, 0.25) is 0 Å². The van der Waals surface area contributed by atoms with Crippen LogP contribution in [-0.4, -0.2) is 62.7 Å². The number of ether oxygens (including phenoxy) is 2. The molecule has 5 rings (SSSR count). The molecule has 0 aliphatic carbocycles. The number of hydrogen-bond acceptors (Lipinski definition) is 7. The van der Waals surface area contributed by atoms with Gasteiger partial charge in [0.1, 0.15) is 24.3 Å². The number of alkyl halides is 3. The van der Waals surface area contributed by atoms with Crippen molar-refractivity contribution in [2.75, 3.05) is 36.4 Å². The normalized spacial score (nSPS) is 20.5. The van der Waals surface area contributed by atoms with Crippen LogP contribution in [-0.2, 0) is 25.9 Å². The Morgan fingerprint density at radius 2 is 1.97 bits per heavy atom. The lowest BCUT2D eigenvalue weighted by Gasteiger charge is -2.46. The van der Waals surface area contributed by atoms with Gasteiger partial charge >= 0.3 is 16.4 Å². The lowest BCUT2D eigenvalue weighted by Crippen LogP contribution is -2.62. The summed E-state index contributed by atoms with van der Waals surface area (Å²) in [5.41, 5.74) is -0.864. The number of halogens is 4. The van der Waals surface area contributed by atoms with E-state index in [0.717, 1.165) is 22.5 Å².